The predicted molar refractivity (Wildman–Crippen MR) is 88.7 cm³/mol. The molecule has 106 valence electrons. The highest BCUT2D eigenvalue weighted by molar-refractivity contribution is 5.93. The van der Waals surface area contributed by atoms with Crippen LogP contribution >= 0.6 is 0 Å². The highest BCUT2D eigenvalue weighted by atomic mass is 16.3. The standard InChI is InChI=1S/C20H15NO/c1-2-4-15(5-3-1)12-16-13-18-8-11-22-20(18)19(14-16)17-6-9-21-10-7-17/h1-11,13-14H,12H2. The van der Waals surface area contributed by atoms with Gasteiger partial charge in [-0.3, -0.25) is 4.98 Å². The smallest absolute Gasteiger partial charge is 0.141 e. The Hall–Kier alpha value is -2.87. The largest absolute Gasteiger partial charge is 0.464 e. The zero-order valence-corrected chi connectivity index (χ0v) is 12.1. The SMILES string of the molecule is c1ccc(Cc2cc(-c3ccncc3)c3occc3c2)cc1. The molecule has 0 atom stereocenters. The lowest BCUT2D eigenvalue weighted by Gasteiger charge is -2.07. The molecule has 0 bridgehead atoms. The van der Waals surface area contributed by atoms with Gasteiger partial charge >= 0.3 is 0 Å². The normalized spacial score (nSPS) is 10.9. The van der Waals surface area contributed by atoms with E-state index in [4.69, 9.17) is 4.42 Å². The monoisotopic (exact) mass is 285 g/mol. The van der Waals surface area contributed by atoms with Crippen molar-refractivity contribution in [3.8, 4) is 11.1 Å². The Bertz CT molecular complexity index is 895. The molecule has 0 spiro atoms. The van der Waals surface area contributed by atoms with E-state index < -0.39 is 0 Å². The maximum Gasteiger partial charge on any atom is 0.141 e. The molecule has 0 saturated heterocycles. The number of hydrogen-bond acceptors (Lipinski definition) is 2. The molecule has 0 radical (unpaired) electrons. The number of benzene rings is 2. The molecular weight excluding hydrogens is 270 g/mol. The number of hydrogen-bond donors (Lipinski definition) is 0. The molecule has 0 saturated carbocycles. The van der Waals surface area contributed by atoms with Gasteiger partial charge in [-0.25, -0.2) is 0 Å². The van der Waals surface area contributed by atoms with Crippen LogP contribution in [0.5, 0.6) is 0 Å². The second kappa shape index (κ2) is 5.49. The Morgan fingerprint density at radius 1 is 0.818 bits per heavy atom. The van der Waals surface area contributed by atoms with Crippen LogP contribution in [-0.4, -0.2) is 4.98 Å². The molecule has 0 aliphatic heterocycles. The molecule has 4 aromatic rings. The van der Waals surface area contributed by atoms with E-state index in [0.29, 0.717) is 0 Å². The van der Waals surface area contributed by atoms with Crippen LogP contribution in [0.15, 0.2) is 83.7 Å². The summed E-state index contributed by atoms with van der Waals surface area (Å²) in [5.74, 6) is 0. The van der Waals surface area contributed by atoms with E-state index in [1.54, 1.807) is 6.26 Å². The number of rotatable bonds is 3. The van der Waals surface area contributed by atoms with E-state index in [9.17, 15) is 0 Å². The quantitative estimate of drug-likeness (QED) is 0.524. The molecular formula is C20H15NO. The first-order chi connectivity index (χ1) is 10.9. The van der Waals surface area contributed by atoms with Crippen molar-refractivity contribution in [3.05, 3.63) is 90.4 Å². The minimum atomic E-state index is 0.917. The summed E-state index contributed by atoms with van der Waals surface area (Å²) in [6.07, 6.45) is 6.30. The highest BCUT2D eigenvalue weighted by Crippen LogP contribution is 2.31. The molecule has 22 heavy (non-hydrogen) atoms. The first kappa shape index (κ1) is 12.8. The summed E-state index contributed by atoms with van der Waals surface area (Å²) in [4.78, 5) is 4.10. The van der Waals surface area contributed by atoms with E-state index >= 15 is 0 Å². The summed E-state index contributed by atoms with van der Waals surface area (Å²) in [6, 6.07) is 21.0. The second-order valence-electron chi connectivity index (χ2n) is 5.38. The summed E-state index contributed by atoms with van der Waals surface area (Å²) in [5.41, 5.74) is 5.78. The van der Waals surface area contributed by atoms with Crippen molar-refractivity contribution in [1.82, 2.24) is 4.98 Å². The van der Waals surface area contributed by atoms with Gasteiger partial charge in [-0.05, 0) is 53.4 Å². The lowest BCUT2D eigenvalue weighted by molar-refractivity contribution is 0.617. The minimum absolute atomic E-state index is 0.917. The highest BCUT2D eigenvalue weighted by Gasteiger charge is 2.09. The van der Waals surface area contributed by atoms with Crippen molar-refractivity contribution in [2.45, 2.75) is 6.42 Å². The van der Waals surface area contributed by atoms with Crippen molar-refractivity contribution in [1.29, 1.82) is 0 Å². The van der Waals surface area contributed by atoms with Crippen molar-refractivity contribution in [2.24, 2.45) is 0 Å². The third-order valence-corrected chi connectivity index (χ3v) is 3.85. The van der Waals surface area contributed by atoms with Crippen molar-refractivity contribution in [2.75, 3.05) is 0 Å². The molecule has 2 heterocycles. The Labute approximate surface area is 129 Å². The third-order valence-electron chi connectivity index (χ3n) is 3.85. The summed E-state index contributed by atoms with van der Waals surface area (Å²) >= 11 is 0. The number of pyridine rings is 1. The van der Waals surface area contributed by atoms with Crippen LogP contribution in [0.3, 0.4) is 0 Å². The maximum atomic E-state index is 5.69. The molecule has 0 fully saturated rings. The van der Waals surface area contributed by atoms with Crippen LogP contribution in [0.1, 0.15) is 11.1 Å². The molecule has 0 amide bonds. The van der Waals surface area contributed by atoms with Gasteiger partial charge in [0.25, 0.3) is 0 Å². The fraction of sp³-hybridized carbons (Fsp3) is 0.0500. The molecule has 2 aromatic heterocycles. The first-order valence-corrected chi connectivity index (χ1v) is 7.34. The Kier molecular flexibility index (Phi) is 3.20. The van der Waals surface area contributed by atoms with Gasteiger partial charge in [-0.2, -0.15) is 0 Å². The van der Waals surface area contributed by atoms with Crippen molar-refractivity contribution >= 4 is 11.0 Å². The van der Waals surface area contributed by atoms with E-state index in [1.165, 1.54) is 11.1 Å². The van der Waals surface area contributed by atoms with Gasteiger partial charge in [0.1, 0.15) is 5.58 Å². The van der Waals surface area contributed by atoms with Gasteiger partial charge in [-0.1, -0.05) is 30.3 Å². The third kappa shape index (κ3) is 2.40. The van der Waals surface area contributed by atoms with Gasteiger partial charge in [0, 0.05) is 23.3 Å². The Morgan fingerprint density at radius 3 is 2.45 bits per heavy atom. The van der Waals surface area contributed by atoms with Gasteiger partial charge < -0.3 is 4.42 Å². The average Bonchev–Trinajstić information content (AvgIpc) is 3.04. The topological polar surface area (TPSA) is 26.0 Å². The van der Waals surface area contributed by atoms with Crippen LogP contribution < -0.4 is 0 Å². The van der Waals surface area contributed by atoms with Crippen molar-refractivity contribution in [3.63, 3.8) is 0 Å². The number of aromatic nitrogens is 1. The number of nitrogens with zero attached hydrogens (tertiary/aromatic N) is 1. The van der Waals surface area contributed by atoms with Crippen LogP contribution in [-0.2, 0) is 6.42 Å². The molecule has 2 aromatic carbocycles. The Morgan fingerprint density at radius 2 is 1.64 bits per heavy atom. The average molecular weight is 285 g/mol. The van der Waals surface area contributed by atoms with Gasteiger partial charge in [0.05, 0.1) is 6.26 Å². The molecule has 2 heteroatoms. The van der Waals surface area contributed by atoms with Crippen LogP contribution in [0.25, 0.3) is 22.1 Å². The van der Waals surface area contributed by atoms with Gasteiger partial charge in [0.2, 0.25) is 0 Å². The van der Waals surface area contributed by atoms with Crippen LogP contribution in [0.2, 0.25) is 0 Å². The van der Waals surface area contributed by atoms with Crippen molar-refractivity contribution < 1.29 is 4.42 Å². The minimum Gasteiger partial charge on any atom is -0.464 e. The summed E-state index contributed by atoms with van der Waals surface area (Å²) in [5, 5.41) is 1.14. The fourth-order valence-corrected chi connectivity index (χ4v) is 2.82. The van der Waals surface area contributed by atoms with E-state index in [2.05, 4.69) is 41.4 Å². The number of fused-ring (bicyclic) bond motifs is 1. The molecule has 0 N–H and O–H groups in total. The zero-order valence-electron chi connectivity index (χ0n) is 12.1. The lowest BCUT2D eigenvalue weighted by Crippen LogP contribution is -1.90. The predicted octanol–water partition coefficient (Wildman–Crippen LogP) is 5.09. The molecule has 0 aliphatic carbocycles. The first-order valence-electron chi connectivity index (χ1n) is 7.34. The summed E-state index contributed by atoms with van der Waals surface area (Å²) < 4.78 is 5.69. The zero-order chi connectivity index (χ0) is 14.8. The van der Waals surface area contributed by atoms with Crippen LogP contribution in [0.4, 0.5) is 0 Å². The Balaban J connectivity index is 1.84. The van der Waals surface area contributed by atoms with E-state index in [1.807, 2.05) is 36.7 Å². The van der Waals surface area contributed by atoms with E-state index in [0.717, 1.165) is 28.5 Å². The molecule has 0 unspecified atom stereocenters. The molecule has 0 aliphatic rings. The van der Waals surface area contributed by atoms with E-state index in [-0.39, 0.29) is 0 Å². The maximum absolute atomic E-state index is 5.69. The van der Waals surface area contributed by atoms with Gasteiger partial charge in [-0.15, -0.1) is 0 Å². The van der Waals surface area contributed by atoms with Gasteiger partial charge in [0.15, 0.2) is 0 Å². The summed E-state index contributed by atoms with van der Waals surface area (Å²) in [6.45, 7) is 0. The lowest BCUT2D eigenvalue weighted by atomic mass is 9.97. The van der Waals surface area contributed by atoms with Crippen LogP contribution in [0, 0.1) is 0 Å². The summed E-state index contributed by atoms with van der Waals surface area (Å²) in [7, 11) is 0. The number of furan rings is 1. The molecule has 2 nitrogen and oxygen atoms in total. The fourth-order valence-electron chi connectivity index (χ4n) is 2.82. The second-order valence-corrected chi connectivity index (χ2v) is 5.38. The molecule has 4 rings (SSSR count).